The van der Waals surface area contributed by atoms with Gasteiger partial charge in [0.15, 0.2) is 0 Å². The molecule has 0 heterocycles. The van der Waals surface area contributed by atoms with Gasteiger partial charge in [0.05, 0.1) is 6.61 Å². The molecule has 0 bridgehead atoms. The maximum atomic E-state index is 11.5. The van der Waals surface area contributed by atoms with Crippen molar-refractivity contribution in [3.8, 4) is 0 Å². The normalized spacial score (nSPS) is 9.40. The summed E-state index contributed by atoms with van der Waals surface area (Å²) >= 11 is 5.86. The molecule has 0 aliphatic heterocycles. The number of thiocarbonyl (C=S) groups is 1. The molecular formula is C10H11NO2S2. The summed E-state index contributed by atoms with van der Waals surface area (Å²) in [5.74, 6) is -0.178. The van der Waals surface area contributed by atoms with Gasteiger partial charge in [-0.1, -0.05) is 18.2 Å². The molecule has 0 saturated carbocycles. The van der Waals surface area contributed by atoms with Crippen LogP contribution in [0.3, 0.4) is 0 Å². The molecule has 0 spiro atoms. The second-order valence-corrected chi connectivity index (χ2v) is 3.99. The summed E-state index contributed by atoms with van der Waals surface area (Å²) in [4.78, 5) is 11.5. The number of carbonyl (C=O) groups is 1. The van der Waals surface area contributed by atoms with Crippen molar-refractivity contribution in [3.63, 3.8) is 0 Å². The Labute approximate surface area is 98.3 Å². The summed E-state index contributed by atoms with van der Waals surface area (Å²) in [5.41, 5.74) is 0.601. The van der Waals surface area contributed by atoms with E-state index in [4.69, 9.17) is 17.0 Å². The standard InChI is InChI=1S/C10H11NO2S2/c1-2-13-10(14)15-11-9(12)8-6-4-3-5-7-8/h3-7H,2H2,1H3,(H,11,12). The summed E-state index contributed by atoms with van der Waals surface area (Å²) in [7, 11) is 0. The molecule has 0 atom stereocenters. The lowest BCUT2D eigenvalue weighted by Gasteiger charge is -2.05. The molecule has 1 rings (SSSR count). The van der Waals surface area contributed by atoms with Crippen LogP contribution in [-0.4, -0.2) is 16.9 Å². The first-order chi connectivity index (χ1) is 7.24. The zero-order valence-corrected chi connectivity index (χ0v) is 9.86. The van der Waals surface area contributed by atoms with Crippen molar-refractivity contribution >= 4 is 34.5 Å². The van der Waals surface area contributed by atoms with Gasteiger partial charge in [0, 0.05) is 17.5 Å². The molecule has 0 saturated heterocycles. The van der Waals surface area contributed by atoms with Crippen LogP contribution in [-0.2, 0) is 4.74 Å². The first kappa shape index (κ1) is 12.0. The number of hydrogen-bond acceptors (Lipinski definition) is 4. The Bertz CT molecular complexity index is 341. The minimum atomic E-state index is -0.178. The van der Waals surface area contributed by atoms with Crippen LogP contribution in [0.25, 0.3) is 0 Å². The average molecular weight is 241 g/mol. The molecule has 5 heteroatoms. The maximum Gasteiger partial charge on any atom is 0.261 e. The maximum absolute atomic E-state index is 11.5. The first-order valence-corrected chi connectivity index (χ1v) is 5.65. The monoisotopic (exact) mass is 241 g/mol. The summed E-state index contributed by atoms with van der Waals surface area (Å²) in [6.07, 6.45) is 0. The lowest BCUT2D eigenvalue weighted by molar-refractivity contribution is 0.0984. The van der Waals surface area contributed by atoms with Gasteiger partial charge in [0.2, 0.25) is 4.38 Å². The second-order valence-electron chi connectivity index (χ2n) is 2.58. The van der Waals surface area contributed by atoms with Crippen LogP contribution in [0.15, 0.2) is 30.3 Å². The highest BCUT2D eigenvalue weighted by atomic mass is 32.2. The van der Waals surface area contributed by atoms with Crippen molar-refractivity contribution < 1.29 is 9.53 Å². The minimum absolute atomic E-state index is 0.178. The van der Waals surface area contributed by atoms with Gasteiger partial charge in [-0.15, -0.1) is 0 Å². The Hall–Kier alpha value is -1.07. The number of nitrogens with one attached hydrogen (secondary N) is 1. The molecule has 1 aromatic rings. The molecule has 0 fully saturated rings. The number of rotatable bonds is 2. The van der Waals surface area contributed by atoms with Crippen LogP contribution in [0.4, 0.5) is 0 Å². The number of ether oxygens (including phenoxy) is 1. The Morgan fingerprint density at radius 3 is 2.73 bits per heavy atom. The molecule has 1 N–H and O–H groups in total. The summed E-state index contributed by atoms with van der Waals surface area (Å²) in [6, 6.07) is 8.94. The van der Waals surface area contributed by atoms with E-state index in [0.717, 1.165) is 11.9 Å². The molecule has 0 radical (unpaired) electrons. The fraction of sp³-hybridized carbons (Fsp3) is 0.200. The van der Waals surface area contributed by atoms with E-state index < -0.39 is 0 Å². The van der Waals surface area contributed by atoms with Crippen LogP contribution < -0.4 is 4.72 Å². The number of carbonyl (C=O) groups excluding carboxylic acids is 1. The van der Waals surface area contributed by atoms with Crippen LogP contribution in [0.2, 0.25) is 0 Å². The van der Waals surface area contributed by atoms with Crippen molar-refractivity contribution in [2.24, 2.45) is 0 Å². The van der Waals surface area contributed by atoms with E-state index in [9.17, 15) is 4.79 Å². The van der Waals surface area contributed by atoms with Crippen LogP contribution in [0.1, 0.15) is 17.3 Å². The Balaban J connectivity index is 2.40. The summed E-state index contributed by atoms with van der Waals surface area (Å²) in [6.45, 7) is 2.35. The Kier molecular flexibility index (Phi) is 5.14. The van der Waals surface area contributed by atoms with E-state index >= 15 is 0 Å². The smallest absolute Gasteiger partial charge is 0.261 e. The fourth-order valence-corrected chi connectivity index (χ4v) is 1.60. The summed E-state index contributed by atoms with van der Waals surface area (Å²) in [5, 5.41) is 0. The number of benzene rings is 1. The molecular weight excluding hydrogens is 230 g/mol. The van der Waals surface area contributed by atoms with Gasteiger partial charge in [-0.2, -0.15) is 0 Å². The third kappa shape index (κ3) is 4.31. The fourth-order valence-electron chi connectivity index (χ4n) is 0.884. The van der Waals surface area contributed by atoms with Gasteiger partial charge in [0.1, 0.15) is 0 Å². The lowest BCUT2D eigenvalue weighted by Crippen LogP contribution is -2.18. The molecule has 80 valence electrons. The molecule has 0 unspecified atom stereocenters. The average Bonchev–Trinajstić information content (AvgIpc) is 2.27. The highest BCUT2D eigenvalue weighted by Crippen LogP contribution is 2.04. The summed E-state index contributed by atoms with van der Waals surface area (Å²) < 4.78 is 7.92. The van der Waals surface area contributed by atoms with Gasteiger partial charge in [-0.05, 0) is 31.3 Å². The van der Waals surface area contributed by atoms with Crippen LogP contribution in [0.5, 0.6) is 0 Å². The van der Waals surface area contributed by atoms with E-state index in [1.54, 1.807) is 24.3 Å². The molecule has 0 aliphatic carbocycles. The minimum Gasteiger partial charge on any atom is -0.478 e. The van der Waals surface area contributed by atoms with Crippen molar-refractivity contribution in [2.75, 3.05) is 6.61 Å². The second kappa shape index (κ2) is 6.42. The van der Waals surface area contributed by atoms with Gasteiger partial charge in [-0.3, -0.25) is 9.52 Å². The highest BCUT2D eigenvalue weighted by Gasteiger charge is 2.05. The zero-order valence-electron chi connectivity index (χ0n) is 8.23. The Morgan fingerprint density at radius 1 is 1.47 bits per heavy atom. The van der Waals surface area contributed by atoms with Gasteiger partial charge in [-0.25, -0.2) is 0 Å². The van der Waals surface area contributed by atoms with Gasteiger partial charge in [0.25, 0.3) is 5.91 Å². The van der Waals surface area contributed by atoms with Crippen molar-refractivity contribution in [3.05, 3.63) is 35.9 Å². The largest absolute Gasteiger partial charge is 0.478 e. The van der Waals surface area contributed by atoms with E-state index in [0.29, 0.717) is 16.6 Å². The highest BCUT2D eigenvalue weighted by molar-refractivity contribution is 8.21. The van der Waals surface area contributed by atoms with E-state index in [-0.39, 0.29) is 5.91 Å². The number of amides is 1. The van der Waals surface area contributed by atoms with E-state index in [1.165, 1.54) is 0 Å². The van der Waals surface area contributed by atoms with Crippen LogP contribution in [0, 0.1) is 0 Å². The van der Waals surface area contributed by atoms with E-state index in [2.05, 4.69) is 4.72 Å². The molecule has 1 aromatic carbocycles. The SMILES string of the molecule is CCOC(=S)SNC(=O)c1ccccc1. The topological polar surface area (TPSA) is 38.3 Å². The van der Waals surface area contributed by atoms with Crippen molar-refractivity contribution in [1.29, 1.82) is 0 Å². The predicted molar refractivity (Wildman–Crippen MR) is 65.7 cm³/mol. The lowest BCUT2D eigenvalue weighted by atomic mass is 10.2. The Morgan fingerprint density at radius 2 is 2.13 bits per heavy atom. The first-order valence-electron chi connectivity index (χ1n) is 4.43. The van der Waals surface area contributed by atoms with Gasteiger partial charge < -0.3 is 4.74 Å². The third-order valence-corrected chi connectivity index (χ3v) is 2.47. The number of hydrogen-bond donors (Lipinski definition) is 1. The molecule has 15 heavy (non-hydrogen) atoms. The zero-order chi connectivity index (χ0) is 11.1. The molecule has 1 amide bonds. The van der Waals surface area contributed by atoms with Crippen molar-refractivity contribution in [2.45, 2.75) is 6.92 Å². The molecule has 0 aromatic heterocycles. The quantitative estimate of drug-likeness (QED) is 0.637. The molecule has 3 nitrogen and oxygen atoms in total. The van der Waals surface area contributed by atoms with Crippen LogP contribution >= 0.6 is 24.2 Å². The van der Waals surface area contributed by atoms with E-state index in [1.807, 2.05) is 13.0 Å². The third-order valence-electron chi connectivity index (χ3n) is 1.53. The van der Waals surface area contributed by atoms with Crippen molar-refractivity contribution in [1.82, 2.24) is 4.72 Å². The van der Waals surface area contributed by atoms with Gasteiger partial charge >= 0.3 is 0 Å². The predicted octanol–water partition coefficient (Wildman–Crippen LogP) is 2.39. The molecule has 0 aliphatic rings.